The molecule has 1 fully saturated rings. The van der Waals surface area contributed by atoms with Crippen molar-refractivity contribution in [3.8, 4) is 0 Å². The number of hydrogen-bond donors (Lipinski definition) is 0. The first-order valence-corrected chi connectivity index (χ1v) is 5.59. The fourth-order valence-corrected chi connectivity index (χ4v) is 2.01. The van der Waals surface area contributed by atoms with Crippen molar-refractivity contribution in [1.29, 1.82) is 0 Å². The van der Waals surface area contributed by atoms with Gasteiger partial charge in [-0.15, -0.1) is 0 Å². The van der Waals surface area contributed by atoms with Gasteiger partial charge in [0.05, 0.1) is 6.10 Å². The Kier molecular flexibility index (Phi) is 4.74. The minimum absolute atomic E-state index is 0.522. The van der Waals surface area contributed by atoms with Crippen molar-refractivity contribution in [2.45, 2.75) is 52.2 Å². The van der Waals surface area contributed by atoms with E-state index in [2.05, 4.69) is 25.7 Å². The molecule has 0 bridgehead atoms. The van der Waals surface area contributed by atoms with Crippen LogP contribution in [0.15, 0.2) is 0 Å². The first-order chi connectivity index (χ1) is 6.24. The minimum atomic E-state index is 0.522. The Balaban J connectivity index is 2.30. The van der Waals surface area contributed by atoms with Crippen LogP contribution in [0.3, 0.4) is 0 Å². The van der Waals surface area contributed by atoms with E-state index in [0.29, 0.717) is 12.1 Å². The molecule has 0 aromatic rings. The Hall–Kier alpha value is -0.0800. The topological polar surface area (TPSA) is 12.5 Å². The van der Waals surface area contributed by atoms with Crippen LogP contribution in [0.4, 0.5) is 0 Å². The highest BCUT2D eigenvalue weighted by Crippen LogP contribution is 2.15. The standard InChI is InChI=1S/C11H23NO/c1-4-13-11-6-5-8-12(9-7-11)10(2)3/h10-11H,4-9H2,1-3H3. The summed E-state index contributed by atoms with van der Waals surface area (Å²) in [6.45, 7) is 9.98. The van der Waals surface area contributed by atoms with Crippen molar-refractivity contribution < 1.29 is 4.74 Å². The zero-order chi connectivity index (χ0) is 9.68. The van der Waals surface area contributed by atoms with Gasteiger partial charge in [-0.05, 0) is 46.6 Å². The Morgan fingerprint density at radius 1 is 1.31 bits per heavy atom. The summed E-state index contributed by atoms with van der Waals surface area (Å²) in [6, 6.07) is 0.695. The maximum atomic E-state index is 5.66. The maximum Gasteiger partial charge on any atom is 0.0587 e. The lowest BCUT2D eigenvalue weighted by molar-refractivity contribution is 0.0518. The molecule has 0 N–H and O–H groups in total. The molecule has 0 amide bonds. The quantitative estimate of drug-likeness (QED) is 0.669. The molecule has 1 aliphatic heterocycles. The molecule has 1 aliphatic rings. The molecule has 0 saturated carbocycles. The van der Waals surface area contributed by atoms with E-state index < -0.39 is 0 Å². The zero-order valence-electron chi connectivity index (χ0n) is 9.25. The number of hydrogen-bond acceptors (Lipinski definition) is 2. The number of ether oxygens (including phenoxy) is 1. The number of likely N-dealkylation sites (tertiary alicyclic amines) is 1. The normalized spacial score (nSPS) is 26.3. The van der Waals surface area contributed by atoms with Crippen LogP contribution < -0.4 is 0 Å². The Bertz CT molecular complexity index is 136. The van der Waals surface area contributed by atoms with Gasteiger partial charge in [0.25, 0.3) is 0 Å². The van der Waals surface area contributed by atoms with Gasteiger partial charge in [-0.3, -0.25) is 0 Å². The predicted molar refractivity (Wildman–Crippen MR) is 56.0 cm³/mol. The van der Waals surface area contributed by atoms with Crippen LogP contribution in [0.1, 0.15) is 40.0 Å². The van der Waals surface area contributed by atoms with E-state index in [0.717, 1.165) is 6.61 Å². The summed E-state index contributed by atoms with van der Waals surface area (Å²) < 4.78 is 5.66. The third-order valence-electron chi connectivity index (χ3n) is 2.84. The van der Waals surface area contributed by atoms with Gasteiger partial charge in [-0.2, -0.15) is 0 Å². The van der Waals surface area contributed by atoms with E-state index in [1.54, 1.807) is 0 Å². The average molecular weight is 185 g/mol. The molecule has 0 radical (unpaired) electrons. The Morgan fingerprint density at radius 2 is 2.08 bits per heavy atom. The highest BCUT2D eigenvalue weighted by molar-refractivity contribution is 4.72. The van der Waals surface area contributed by atoms with Crippen molar-refractivity contribution in [2.75, 3.05) is 19.7 Å². The summed E-state index contributed by atoms with van der Waals surface area (Å²) >= 11 is 0. The van der Waals surface area contributed by atoms with Gasteiger partial charge in [-0.25, -0.2) is 0 Å². The largest absolute Gasteiger partial charge is 0.378 e. The van der Waals surface area contributed by atoms with E-state index in [1.165, 1.54) is 32.4 Å². The number of rotatable bonds is 3. The summed E-state index contributed by atoms with van der Waals surface area (Å²) in [5, 5.41) is 0. The lowest BCUT2D eigenvalue weighted by Gasteiger charge is -2.24. The van der Waals surface area contributed by atoms with E-state index >= 15 is 0 Å². The lowest BCUT2D eigenvalue weighted by atomic mass is 10.2. The van der Waals surface area contributed by atoms with Crippen molar-refractivity contribution in [1.82, 2.24) is 4.90 Å². The summed E-state index contributed by atoms with van der Waals surface area (Å²) in [6.07, 6.45) is 4.28. The Labute approximate surface area is 82.3 Å². The molecule has 1 saturated heterocycles. The second-order valence-electron chi connectivity index (χ2n) is 4.14. The second-order valence-corrected chi connectivity index (χ2v) is 4.14. The van der Waals surface area contributed by atoms with Gasteiger partial charge in [0.1, 0.15) is 0 Å². The molecule has 2 nitrogen and oxygen atoms in total. The molecule has 1 atom stereocenters. The van der Waals surface area contributed by atoms with Crippen LogP contribution in [0.2, 0.25) is 0 Å². The van der Waals surface area contributed by atoms with Crippen molar-refractivity contribution >= 4 is 0 Å². The van der Waals surface area contributed by atoms with Crippen LogP contribution in [0.25, 0.3) is 0 Å². The molecular weight excluding hydrogens is 162 g/mol. The van der Waals surface area contributed by atoms with Gasteiger partial charge in [0, 0.05) is 19.2 Å². The average Bonchev–Trinajstić information content (AvgIpc) is 2.30. The van der Waals surface area contributed by atoms with E-state index in [4.69, 9.17) is 4.74 Å². The fraction of sp³-hybridized carbons (Fsp3) is 1.00. The smallest absolute Gasteiger partial charge is 0.0587 e. The zero-order valence-corrected chi connectivity index (χ0v) is 9.25. The highest BCUT2D eigenvalue weighted by Gasteiger charge is 2.18. The maximum absolute atomic E-state index is 5.66. The Morgan fingerprint density at radius 3 is 2.69 bits per heavy atom. The van der Waals surface area contributed by atoms with Gasteiger partial charge in [0.2, 0.25) is 0 Å². The molecule has 13 heavy (non-hydrogen) atoms. The summed E-state index contributed by atoms with van der Waals surface area (Å²) in [4.78, 5) is 2.55. The van der Waals surface area contributed by atoms with Gasteiger partial charge < -0.3 is 9.64 Å². The molecule has 0 aromatic carbocycles. The molecule has 2 heteroatoms. The van der Waals surface area contributed by atoms with Crippen molar-refractivity contribution in [3.05, 3.63) is 0 Å². The van der Waals surface area contributed by atoms with E-state index in [9.17, 15) is 0 Å². The third-order valence-corrected chi connectivity index (χ3v) is 2.84. The van der Waals surface area contributed by atoms with Crippen molar-refractivity contribution in [2.24, 2.45) is 0 Å². The van der Waals surface area contributed by atoms with Crippen LogP contribution in [-0.2, 0) is 4.74 Å². The monoisotopic (exact) mass is 185 g/mol. The highest BCUT2D eigenvalue weighted by atomic mass is 16.5. The molecular formula is C11H23NO. The minimum Gasteiger partial charge on any atom is -0.378 e. The third kappa shape index (κ3) is 3.65. The van der Waals surface area contributed by atoms with E-state index in [1.807, 2.05) is 0 Å². The summed E-state index contributed by atoms with van der Waals surface area (Å²) in [5.41, 5.74) is 0. The van der Waals surface area contributed by atoms with Gasteiger partial charge >= 0.3 is 0 Å². The first-order valence-electron chi connectivity index (χ1n) is 5.59. The van der Waals surface area contributed by atoms with Crippen LogP contribution in [0, 0.1) is 0 Å². The molecule has 1 rings (SSSR count). The van der Waals surface area contributed by atoms with Crippen LogP contribution in [0.5, 0.6) is 0 Å². The number of nitrogens with zero attached hydrogens (tertiary/aromatic N) is 1. The molecule has 0 spiro atoms. The van der Waals surface area contributed by atoms with Crippen LogP contribution >= 0.6 is 0 Å². The molecule has 1 heterocycles. The SMILES string of the molecule is CCOC1CCCN(C(C)C)CC1. The first kappa shape index (κ1) is 11.0. The summed E-state index contributed by atoms with van der Waals surface area (Å²) in [7, 11) is 0. The van der Waals surface area contributed by atoms with E-state index in [-0.39, 0.29) is 0 Å². The summed E-state index contributed by atoms with van der Waals surface area (Å²) in [5.74, 6) is 0. The molecule has 0 aliphatic carbocycles. The van der Waals surface area contributed by atoms with Crippen LogP contribution in [-0.4, -0.2) is 36.7 Å². The predicted octanol–water partition coefficient (Wildman–Crippen LogP) is 2.29. The lowest BCUT2D eigenvalue weighted by Crippen LogP contribution is -2.32. The second kappa shape index (κ2) is 5.61. The van der Waals surface area contributed by atoms with Gasteiger partial charge in [0.15, 0.2) is 0 Å². The molecule has 78 valence electrons. The van der Waals surface area contributed by atoms with Gasteiger partial charge in [-0.1, -0.05) is 0 Å². The fourth-order valence-electron chi connectivity index (χ4n) is 2.01. The molecule has 0 aromatic heterocycles. The molecule has 1 unspecified atom stereocenters. The van der Waals surface area contributed by atoms with Crippen molar-refractivity contribution in [3.63, 3.8) is 0 Å².